The summed E-state index contributed by atoms with van der Waals surface area (Å²) in [7, 11) is 1.63. The van der Waals surface area contributed by atoms with E-state index in [4.69, 9.17) is 22.7 Å². The first-order valence-corrected chi connectivity index (χ1v) is 6.56. The van der Waals surface area contributed by atoms with Gasteiger partial charge in [0.15, 0.2) is 0 Å². The topological polar surface area (TPSA) is 64.3 Å². The molecule has 5 heteroatoms. The zero-order chi connectivity index (χ0) is 13.3. The average molecular weight is 260 g/mol. The smallest absolute Gasteiger partial charge is 0.230 e. The molecule has 1 amide bonds. The largest absolute Gasteiger partial charge is 0.393 e. The van der Waals surface area contributed by atoms with E-state index in [2.05, 4.69) is 12.2 Å². The summed E-state index contributed by atoms with van der Waals surface area (Å²) < 4.78 is 5.08. The first-order valence-electron chi connectivity index (χ1n) is 6.15. The second-order valence-corrected chi connectivity index (χ2v) is 4.66. The van der Waals surface area contributed by atoms with Crippen molar-refractivity contribution < 1.29 is 9.53 Å². The quantitative estimate of drug-likeness (QED) is 0.618. The number of rotatable bonds is 9. The van der Waals surface area contributed by atoms with Crippen LogP contribution < -0.4 is 11.1 Å². The van der Waals surface area contributed by atoms with Crippen molar-refractivity contribution in [3.8, 4) is 0 Å². The zero-order valence-corrected chi connectivity index (χ0v) is 11.8. The van der Waals surface area contributed by atoms with Crippen LogP contribution in [0.4, 0.5) is 0 Å². The number of thiocarbonyl (C=S) groups is 1. The molecule has 0 heterocycles. The Labute approximate surface area is 109 Å². The third kappa shape index (κ3) is 6.58. The summed E-state index contributed by atoms with van der Waals surface area (Å²) in [6, 6.07) is 0.0474. The van der Waals surface area contributed by atoms with Gasteiger partial charge in [-0.25, -0.2) is 0 Å². The van der Waals surface area contributed by atoms with Crippen LogP contribution in [0.15, 0.2) is 0 Å². The van der Waals surface area contributed by atoms with Gasteiger partial charge in [-0.05, 0) is 12.8 Å². The van der Waals surface area contributed by atoms with Crippen molar-refractivity contribution in [2.24, 2.45) is 11.7 Å². The summed E-state index contributed by atoms with van der Waals surface area (Å²) in [4.78, 5) is 12.3. The van der Waals surface area contributed by atoms with Crippen molar-refractivity contribution in [3.63, 3.8) is 0 Å². The van der Waals surface area contributed by atoms with Gasteiger partial charge in [-0.3, -0.25) is 4.79 Å². The second-order valence-electron chi connectivity index (χ2n) is 4.19. The van der Waals surface area contributed by atoms with E-state index in [9.17, 15) is 4.79 Å². The lowest BCUT2D eigenvalue weighted by atomic mass is 10.0. The van der Waals surface area contributed by atoms with Gasteiger partial charge in [-0.2, -0.15) is 0 Å². The molecule has 0 aromatic rings. The lowest BCUT2D eigenvalue weighted by Crippen LogP contribution is -2.44. The maximum absolute atomic E-state index is 12.0. The normalized spacial score (nSPS) is 14.1. The number of nitrogens with two attached hydrogens (primary N) is 1. The van der Waals surface area contributed by atoms with Crippen molar-refractivity contribution in [3.05, 3.63) is 0 Å². The molecule has 2 atom stereocenters. The highest BCUT2D eigenvalue weighted by molar-refractivity contribution is 7.80. The third-order valence-electron chi connectivity index (χ3n) is 2.59. The van der Waals surface area contributed by atoms with Gasteiger partial charge >= 0.3 is 0 Å². The molecule has 0 spiro atoms. The van der Waals surface area contributed by atoms with Crippen molar-refractivity contribution in [2.75, 3.05) is 13.7 Å². The molecular formula is C12H24N2O2S. The van der Waals surface area contributed by atoms with Crippen molar-refractivity contribution in [1.29, 1.82) is 0 Å². The summed E-state index contributed by atoms with van der Waals surface area (Å²) in [5.74, 6) is -0.430. The molecule has 2 unspecified atom stereocenters. The minimum absolute atomic E-state index is 0.0474. The number of amides is 1. The Morgan fingerprint density at radius 3 is 2.35 bits per heavy atom. The van der Waals surface area contributed by atoms with Crippen LogP contribution in [-0.2, 0) is 9.53 Å². The summed E-state index contributed by atoms with van der Waals surface area (Å²) in [5.41, 5.74) is 5.59. The standard InChI is InChI=1S/C12H24N2O2S/c1-4-6-9(8-16-3)14-12(15)10(7-5-2)11(13)17/h9-10H,4-8H2,1-3H3,(H2,13,17)(H,14,15). The third-order valence-corrected chi connectivity index (χ3v) is 2.87. The minimum Gasteiger partial charge on any atom is -0.393 e. The fourth-order valence-electron chi connectivity index (χ4n) is 1.74. The molecule has 0 aliphatic heterocycles. The Balaban J connectivity index is 4.38. The van der Waals surface area contributed by atoms with Crippen LogP contribution >= 0.6 is 12.2 Å². The number of carbonyl (C=O) groups excluding carboxylic acids is 1. The maximum Gasteiger partial charge on any atom is 0.230 e. The molecule has 0 aliphatic rings. The summed E-state index contributed by atoms with van der Waals surface area (Å²) in [5, 5.41) is 2.95. The lowest BCUT2D eigenvalue weighted by Gasteiger charge is -2.21. The number of hydrogen-bond acceptors (Lipinski definition) is 3. The Morgan fingerprint density at radius 2 is 1.94 bits per heavy atom. The first-order chi connectivity index (χ1) is 8.06. The van der Waals surface area contributed by atoms with Crippen LogP contribution in [0.5, 0.6) is 0 Å². The van der Waals surface area contributed by atoms with Gasteiger partial charge in [0.25, 0.3) is 0 Å². The van der Waals surface area contributed by atoms with Crippen molar-refractivity contribution in [1.82, 2.24) is 5.32 Å². The molecule has 0 aromatic carbocycles. The Kier molecular flexibility index (Phi) is 8.99. The Bertz CT molecular complexity index is 241. The van der Waals surface area contributed by atoms with Gasteiger partial charge in [0, 0.05) is 7.11 Å². The van der Waals surface area contributed by atoms with Crippen LogP contribution in [0.25, 0.3) is 0 Å². The van der Waals surface area contributed by atoms with E-state index in [0.29, 0.717) is 13.0 Å². The molecule has 100 valence electrons. The van der Waals surface area contributed by atoms with Crippen LogP contribution in [0, 0.1) is 5.92 Å². The summed E-state index contributed by atoms with van der Waals surface area (Å²) >= 11 is 4.93. The number of hydrogen-bond donors (Lipinski definition) is 2. The van der Waals surface area contributed by atoms with Gasteiger partial charge in [-0.1, -0.05) is 38.9 Å². The lowest BCUT2D eigenvalue weighted by molar-refractivity contribution is -0.124. The molecule has 0 radical (unpaired) electrons. The predicted molar refractivity (Wildman–Crippen MR) is 73.9 cm³/mol. The average Bonchev–Trinajstić information content (AvgIpc) is 2.25. The fourth-order valence-corrected chi connectivity index (χ4v) is 1.96. The highest BCUT2D eigenvalue weighted by atomic mass is 32.1. The Morgan fingerprint density at radius 1 is 1.35 bits per heavy atom. The van der Waals surface area contributed by atoms with E-state index in [0.717, 1.165) is 19.3 Å². The molecule has 0 rings (SSSR count). The molecule has 0 bridgehead atoms. The van der Waals surface area contributed by atoms with Crippen LogP contribution in [0.2, 0.25) is 0 Å². The molecule has 0 aliphatic carbocycles. The Hall–Kier alpha value is -0.680. The highest BCUT2D eigenvalue weighted by Gasteiger charge is 2.22. The van der Waals surface area contributed by atoms with Gasteiger partial charge < -0.3 is 15.8 Å². The fraction of sp³-hybridized carbons (Fsp3) is 0.833. The maximum atomic E-state index is 12.0. The molecule has 3 N–H and O–H groups in total. The molecule has 0 aromatic heterocycles. The van der Waals surface area contributed by atoms with Gasteiger partial charge in [-0.15, -0.1) is 0 Å². The summed E-state index contributed by atoms with van der Waals surface area (Å²) in [6.07, 6.45) is 3.49. The zero-order valence-electron chi connectivity index (χ0n) is 11.0. The highest BCUT2D eigenvalue weighted by Crippen LogP contribution is 2.08. The molecule has 0 saturated heterocycles. The SMILES string of the molecule is CCCC(COC)NC(=O)C(CCC)C(N)=S. The number of methoxy groups -OCH3 is 1. The molecule has 4 nitrogen and oxygen atoms in total. The van der Waals surface area contributed by atoms with Gasteiger partial charge in [0.05, 0.1) is 23.6 Å². The molecular weight excluding hydrogens is 236 g/mol. The van der Waals surface area contributed by atoms with Crippen molar-refractivity contribution in [2.45, 2.75) is 45.6 Å². The molecule has 17 heavy (non-hydrogen) atoms. The van der Waals surface area contributed by atoms with Crippen LogP contribution in [0.3, 0.4) is 0 Å². The molecule has 0 saturated carbocycles. The summed E-state index contributed by atoms with van der Waals surface area (Å²) in [6.45, 7) is 4.61. The van der Waals surface area contributed by atoms with E-state index in [1.54, 1.807) is 7.11 Å². The molecule has 0 fully saturated rings. The number of ether oxygens (including phenoxy) is 1. The van der Waals surface area contributed by atoms with Gasteiger partial charge in [0.1, 0.15) is 0 Å². The van der Waals surface area contributed by atoms with E-state index >= 15 is 0 Å². The number of carbonyl (C=O) groups is 1. The predicted octanol–water partition coefficient (Wildman–Crippen LogP) is 1.62. The minimum atomic E-state index is -0.355. The van der Waals surface area contributed by atoms with Gasteiger partial charge in [0.2, 0.25) is 5.91 Å². The van der Waals surface area contributed by atoms with E-state index in [1.165, 1.54) is 0 Å². The van der Waals surface area contributed by atoms with E-state index < -0.39 is 0 Å². The first kappa shape index (κ1) is 16.3. The van der Waals surface area contributed by atoms with E-state index in [1.807, 2.05) is 6.92 Å². The second kappa shape index (κ2) is 9.36. The van der Waals surface area contributed by atoms with Crippen LogP contribution in [0.1, 0.15) is 39.5 Å². The monoisotopic (exact) mass is 260 g/mol. The van der Waals surface area contributed by atoms with Crippen molar-refractivity contribution >= 4 is 23.1 Å². The van der Waals surface area contributed by atoms with Crippen LogP contribution in [-0.4, -0.2) is 30.7 Å². The number of nitrogens with one attached hydrogen (secondary N) is 1. The van der Waals surface area contributed by atoms with E-state index in [-0.39, 0.29) is 22.9 Å².